The van der Waals surface area contributed by atoms with E-state index in [0.29, 0.717) is 22.2 Å². The number of benzene rings is 3. The first-order chi connectivity index (χ1) is 19.0. The van der Waals surface area contributed by atoms with Crippen molar-refractivity contribution in [1.29, 1.82) is 0 Å². The second kappa shape index (κ2) is 14.1. The number of halogens is 3. The van der Waals surface area contributed by atoms with Crippen molar-refractivity contribution in [2.75, 3.05) is 30.8 Å². The number of anilines is 1. The molecule has 0 bridgehead atoms. The lowest BCUT2D eigenvalue weighted by atomic mass is 10.0. The second-order valence-corrected chi connectivity index (χ2v) is 12.1. The number of ether oxygens (including phenoxy) is 1. The van der Waals surface area contributed by atoms with Crippen LogP contribution in [0.4, 0.5) is 5.69 Å². The first-order valence-electron chi connectivity index (χ1n) is 12.3. The van der Waals surface area contributed by atoms with E-state index in [-0.39, 0.29) is 29.4 Å². The molecule has 0 saturated heterocycles. The van der Waals surface area contributed by atoms with Gasteiger partial charge in [0.1, 0.15) is 18.3 Å². The third-order valence-corrected chi connectivity index (χ3v) is 8.17. The van der Waals surface area contributed by atoms with Gasteiger partial charge in [0.25, 0.3) is 0 Å². The molecule has 0 saturated carbocycles. The van der Waals surface area contributed by atoms with Crippen molar-refractivity contribution in [2.45, 2.75) is 25.9 Å². The molecule has 0 unspecified atom stereocenters. The number of sulfonamides is 1. The summed E-state index contributed by atoms with van der Waals surface area (Å²) in [5, 5.41) is 3.64. The fourth-order valence-electron chi connectivity index (χ4n) is 4.15. The summed E-state index contributed by atoms with van der Waals surface area (Å²) in [6.07, 6.45) is 1.14. The lowest BCUT2D eigenvalue weighted by Crippen LogP contribution is -2.53. The van der Waals surface area contributed by atoms with Gasteiger partial charge in [0, 0.05) is 40.1 Å². The zero-order chi connectivity index (χ0) is 29.4. The Kier molecular flexibility index (Phi) is 11.1. The number of carbonyl (C=O) groups is 2. The first kappa shape index (κ1) is 31.5. The molecule has 0 aliphatic heterocycles. The van der Waals surface area contributed by atoms with Gasteiger partial charge in [0.15, 0.2) is 0 Å². The smallest absolute Gasteiger partial charge is 0.244 e. The average Bonchev–Trinajstić information content (AvgIpc) is 2.90. The van der Waals surface area contributed by atoms with Crippen molar-refractivity contribution >= 4 is 62.3 Å². The summed E-state index contributed by atoms with van der Waals surface area (Å²) < 4.78 is 32.2. The third-order valence-electron chi connectivity index (χ3n) is 6.10. The van der Waals surface area contributed by atoms with Crippen molar-refractivity contribution in [1.82, 2.24) is 10.2 Å². The van der Waals surface area contributed by atoms with E-state index >= 15 is 0 Å². The Bertz CT molecular complexity index is 1430. The molecule has 0 heterocycles. The lowest BCUT2D eigenvalue weighted by molar-refractivity contribution is -0.140. The highest BCUT2D eigenvalue weighted by atomic mass is 35.5. The molecule has 3 aromatic rings. The van der Waals surface area contributed by atoms with E-state index in [2.05, 4.69) is 5.32 Å². The van der Waals surface area contributed by atoms with Gasteiger partial charge in [0.05, 0.1) is 19.1 Å². The highest BCUT2D eigenvalue weighted by Crippen LogP contribution is 2.33. The fourth-order valence-corrected chi connectivity index (χ4v) is 5.68. The van der Waals surface area contributed by atoms with Crippen LogP contribution in [-0.4, -0.2) is 57.6 Å². The molecule has 1 N–H and O–H groups in total. The van der Waals surface area contributed by atoms with Crippen molar-refractivity contribution in [3.05, 3.63) is 92.9 Å². The highest BCUT2D eigenvalue weighted by Gasteiger charge is 2.34. The minimum absolute atomic E-state index is 0.0826. The van der Waals surface area contributed by atoms with Crippen molar-refractivity contribution in [3.8, 4) is 5.75 Å². The van der Waals surface area contributed by atoms with Crippen LogP contribution >= 0.6 is 34.8 Å². The maximum Gasteiger partial charge on any atom is 0.244 e. The van der Waals surface area contributed by atoms with Crippen LogP contribution in [0.25, 0.3) is 0 Å². The zero-order valence-electron chi connectivity index (χ0n) is 22.2. The molecule has 0 spiro atoms. The van der Waals surface area contributed by atoms with Gasteiger partial charge in [-0.2, -0.15) is 0 Å². The Balaban J connectivity index is 2.13. The molecule has 8 nitrogen and oxygen atoms in total. The van der Waals surface area contributed by atoms with E-state index in [4.69, 9.17) is 39.5 Å². The van der Waals surface area contributed by atoms with Crippen LogP contribution < -0.4 is 14.4 Å². The molecule has 0 radical (unpaired) electrons. The maximum absolute atomic E-state index is 14.1. The maximum atomic E-state index is 14.1. The van der Waals surface area contributed by atoms with E-state index in [1.165, 1.54) is 24.1 Å². The number of methoxy groups -OCH3 is 1. The molecule has 1 atom stereocenters. The number of nitrogens with one attached hydrogen (secondary N) is 1. The number of amides is 2. The molecule has 0 fully saturated rings. The Morgan fingerprint density at radius 1 is 0.975 bits per heavy atom. The number of rotatable bonds is 12. The van der Waals surface area contributed by atoms with Crippen LogP contribution in [0.1, 0.15) is 18.1 Å². The number of carbonyl (C=O) groups excluding carboxylic acids is 2. The molecule has 2 amide bonds. The van der Waals surface area contributed by atoms with Gasteiger partial charge in [-0.25, -0.2) is 8.42 Å². The van der Waals surface area contributed by atoms with Crippen LogP contribution in [0.3, 0.4) is 0 Å². The normalized spacial score (nSPS) is 11.9. The van der Waals surface area contributed by atoms with Crippen LogP contribution in [0.2, 0.25) is 15.1 Å². The first-order valence-corrected chi connectivity index (χ1v) is 15.3. The Morgan fingerprint density at radius 3 is 2.20 bits per heavy atom. The summed E-state index contributed by atoms with van der Waals surface area (Å²) >= 11 is 19.1. The lowest BCUT2D eigenvalue weighted by Gasteiger charge is -2.34. The highest BCUT2D eigenvalue weighted by molar-refractivity contribution is 7.92. The Morgan fingerprint density at radius 2 is 1.62 bits per heavy atom. The molecule has 0 aliphatic rings. The number of likely N-dealkylation sites (N-methyl/N-ethyl adjacent to an activating group) is 1. The monoisotopic (exact) mass is 625 g/mol. The molecule has 40 heavy (non-hydrogen) atoms. The van der Waals surface area contributed by atoms with E-state index in [9.17, 15) is 18.0 Å². The minimum Gasteiger partial charge on any atom is -0.495 e. The van der Waals surface area contributed by atoms with Crippen LogP contribution in [0.5, 0.6) is 5.75 Å². The molecular weight excluding hydrogens is 597 g/mol. The average molecular weight is 627 g/mol. The molecule has 0 aromatic heterocycles. The molecule has 12 heteroatoms. The molecule has 214 valence electrons. The summed E-state index contributed by atoms with van der Waals surface area (Å²) in [7, 11) is -2.62. The Hall–Kier alpha value is -2.98. The van der Waals surface area contributed by atoms with Gasteiger partial charge in [-0.3, -0.25) is 13.9 Å². The molecule has 3 aromatic carbocycles. The minimum atomic E-state index is -4.01. The van der Waals surface area contributed by atoms with Gasteiger partial charge in [-0.15, -0.1) is 0 Å². The summed E-state index contributed by atoms with van der Waals surface area (Å²) in [6, 6.07) is 17.6. The van der Waals surface area contributed by atoms with Crippen LogP contribution in [0.15, 0.2) is 66.7 Å². The van der Waals surface area contributed by atoms with Gasteiger partial charge < -0.3 is 15.0 Å². The quantitative estimate of drug-likeness (QED) is 0.298. The van der Waals surface area contributed by atoms with Crippen LogP contribution in [-0.2, 0) is 32.6 Å². The summed E-state index contributed by atoms with van der Waals surface area (Å²) in [5.41, 5.74) is 1.31. The van der Waals surface area contributed by atoms with E-state index in [1.807, 2.05) is 30.3 Å². The predicted octanol–water partition coefficient (Wildman–Crippen LogP) is 5.20. The van der Waals surface area contributed by atoms with Gasteiger partial charge >= 0.3 is 0 Å². The summed E-state index contributed by atoms with van der Waals surface area (Å²) in [4.78, 5) is 28.8. The number of nitrogens with zero attached hydrogens (tertiary/aromatic N) is 2. The van der Waals surface area contributed by atoms with E-state index in [0.717, 1.165) is 16.1 Å². The zero-order valence-corrected chi connectivity index (χ0v) is 25.3. The summed E-state index contributed by atoms with van der Waals surface area (Å²) in [6.45, 7) is 1.32. The predicted molar refractivity (Wildman–Crippen MR) is 160 cm³/mol. The van der Waals surface area contributed by atoms with Gasteiger partial charge in [-0.05, 0) is 42.8 Å². The van der Waals surface area contributed by atoms with Crippen molar-refractivity contribution < 1.29 is 22.7 Å². The second-order valence-electron chi connectivity index (χ2n) is 8.91. The Labute approximate surface area is 249 Å². The van der Waals surface area contributed by atoms with Crippen molar-refractivity contribution in [2.24, 2.45) is 0 Å². The largest absolute Gasteiger partial charge is 0.495 e. The van der Waals surface area contributed by atoms with E-state index in [1.54, 1.807) is 31.2 Å². The molecular formula is C28H30Cl3N3O5S. The number of hydrogen-bond acceptors (Lipinski definition) is 5. The van der Waals surface area contributed by atoms with Gasteiger partial charge in [0.2, 0.25) is 21.8 Å². The molecule has 0 aliphatic carbocycles. The molecule has 3 rings (SSSR count). The third kappa shape index (κ3) is 8.04. The van der Waals surface area contributed by atoms with Crippen LogP contribution in [0, 0.1) is 0 Å². The van der Waals surface area contributed by atoms with E-state index < -0.39 is 34.4 Å². The summed E-state index contributed by atoms with van der Waals surface area (Å²) in [5.74, 6) is -0.863. The fraction of sp³-hybridized carbons (Fsp3) is 0.286. The number of hydrogen-bond donors (Lipinski definition) is 1. The SMILES string of the molecule is CCNC(=O)[C@H](Cc1ccccc1)N(Cc1c(Cl)cccc1Cl)C(=O)CN(c1cc(Cl)ccc1OC)S(C)(=O)=O. The van der Waals surface area contributed by atoms with Gasteiger partial charge in [-0.1, -0.05) is 71.2 Å². The van der Waals surface area contributed by atoms with Crippen molar-refractivity contribution in [3.63, 3.8) is 0 Å². The topological polar surface area (TPSA) is 96.0 Å². The standard InChI is InChI=1S/C28H30Cl3N3O5S/c1-4-32-28(36)25(15-19-9-6-5-7-10-19)33(17-21-22(30)11-8-12-23(21)31)27(35)18-34(40(3,37)38)24-16-20(29)13-14-26(24)39-2/h5-14,16,25H,4,15,17-18H2,1-3H3,(H,32,36)/t25-/m0/s1.